The SMILES string of the molecule is C[n+]1ccc(Nc2ccc(/C=C/c3ccc(Nc4cc[n+](C)c5ccc(N)cc45)cc3)cc2)cc1. The number of anilines is 5. The van der Waals surface area contributed by atoms with Crippen LogP contribution in [0.5, 0.6) is 0 Å². The molecule has 2 heterocycles. The number of fused-ring (bicyclic) bond motifs is 1. The fourth-order valence-electron chi connectivity index (χ4n) is 4.00. The van der Waals surface area contributed by atoms with E-state index in [2.05, 4.69) is 100 Å². The summed E-state index contributed by atoms with van der Waals surface area (Å²) < 4.78 is 4.11. The molecule has 0 saturated heterocycles. The van der Waals surface area contributed by atoms with Crippen molar-refractivity contribution in [2.45, 2.75) is 0 Å². The second-order valence-corrected chi connectivity index (χ2v) is 8.70. The molecule has 0 radical (unpaired) electrons. The van der Waals surface area contributed by atoms with Crippen molar-refractivity contribution in [2.75, 3.05) is 16.4 Å². The van der Waals surface area contributed by atoms with Crippen molar-refractivity contribution in [1.82, 2.24) is 0 Å². The van der Waals surface area contributed by atoms with E-state index < -0.39 is 0 Å². The highest BCUT2D eigenvalue weighted by Gasteiger charge is 2.10. The molecule has 4 N–H and O–H groups in total. The first-order valence-corrected chi connectivity index (χ1v) is 11.6. The van der Waals surface area contributed by atoms with Gasteiger partial charge >= 0.3 is 0 Å². The summed E-state index contributed by atoms with van der Waals surface area (Å²) in [6, 6.07) is 29.0. The summed E-state index contributed by atoms with van der Waals surface area (Å²) in [4.78, 5) is 0. The number of rotatable bonds is 6. The Morgan fingerprint density at radius 2 is 1.20 bits per heavy atom. The molecule has 3 aromatic carbocycles. The fraction of sp³-hybridized carbons (Fsp3) is 0.0667. The zero-order chi connectivity index (χ0) is 24.2. The highest BCUT2D eigenvalue weighted by molar-refractivity contribution is 5.93. The average Bonchev–Trinajstić information content (AvgIpc) is 2.87. The second-order valence-electron chi connectivity index (χ2n) is 8.70. The molecule has 5 rings (SSSR count). The Hall–Kier alpha value is -4.64. The molecule has 0 fully saturated rings. The smallest absolute Gasteiger partial charge is 0.214 e. The minimum Gasteiger partial charge on any atom is -0.399 e. The van der Waals surface area contributed by atoms with Crippen LogP contribution in [0.4, 0.5) is 28.4 Å². The quantitative estimate of drug-likeness (QED) is 0.173. The molecule has 172 valence electrons. The van der Waals surface area contributed by atoms with Crippen LogP contribution in [0, 0.1) is 0 Å². The average molecular weight is 460 g/mol. The van der Waals surface area contributed by atoms with Gasteiger partial charge in [0.05, 0.1) is 16.8 Å². The first-order valence-electron chi connectivity index (χ1n) is 11.6. The molecule has 5 heteroatoms. The van der Waals surface area contributed by atoms with Gasteiger partial charge in [-0.25, -0.2) is 9.13 Å². The lowest BCUT2D eigenvalue weighted by Crippen LogP contribution is -2.28. The Kier molecular flexibility index (Phi) is 6.14. The van der Waals surface area contributed by atoms with Crippen LogP contribution in [-0.2, 0) is 14.1 Å². The first kappa shape index (κ1) is 22.2. The summed E-state index contributed by atoms with van der Waals surface area (Å²) in [6.45, 7) is 0. The Labute approximate surface area is 205 Å². The number of nitrogen functional groups attached to an aromatic ring is 1. The molecule has 5 aromatic rings. The van der Waals surface area contributed by atoms with Gasteiger partial charge in [-0.1, -0.05) is 36.4 Å². The third kappa shape index (κ3) is 5.31. The molecule has 0 aliphatic carbocycles. The predicted molar refractivity (Wildman–Crippen MR) is 146 cm³/mol. The normalized spacial score (nSPS) is 11.1. The van der Waals surface area contributed by atoms with E-state index >= 15 is 0 Å². The van der Waals surface area contributed by atoms with Crippen molar-refractivity contribution in [3.63, 3.8) is 0 Å². The van der Waals surface area contributed by atoms with Crippen molar-refractivity contribution >= 4 is 51.5 Å². The van der Waals surface area contributed by atoms with Gasteiger partial charge in [-0.3, -0.25) is 0 Å². The van der Waals surface area contributed by atoms with Crippen LogP contribution in [0.1, 0.15) is 11.1 Å². The monoisotopic (exact) mass is 459 g/mol. The maximum Gasteiger partial charge on any atom is 0.214 e. The van der Waals surface area contributed by atoms with Gasteiger partial charge in [-0.15, -0.1) is 0 Å². The molecule has 2 aromatic heterocycles. The van der Waals surface area contributed by atoms with Gasteiger partial charge in [0.15, 0.2) is 18.6 Å². The Bertz CT molecular complexity index is 1490. The molecular weight excluding hydrogens is 430 g/mol. The lowest BCUT2D eigenvalue weighted by Gasteiger charge is -2.09. The van der Waals surface area contributed by atoms with Gasteiger partial charge in [0.2, 0.25) is 5.52 Å². The van der Waals surface area contributed by atoms with Gasteiger partial charge in [0, 0.05) is 41.3 Å². The number of hydrogen-bond donors (Lipinski definition) is 3. The molecule has 0 saturated carbocycles. The molecule has 0 unspecified atom stereocenters. The van der Waals surface area contributed by atoms with Crippen molar-refractivity contribution in [3.8, 4) is 0 Å². The standard InChI is InChI=1S/C30H27N5/c1-34-18-15-27(16-19-34)32-25-10-5-22(6-11-25)3-4-23-7-12-26(13-8-23)33-29-17-20-35(2)30-14-9-24(31)21-28(29)30/h3-21H,31H2,1-2H3/p+2/b4-3+. The molecule has 0 bridgehead atoms. The van der Waals surface area contributed by atoms with Crippen LogP contribution in [0.3, 0.4) is 0 Å². The predicted octanol–water partition coefficient (Wildman–Crippen LogP) is 5.73. The van der Waals surface area contributed by atoms with Crippen LogP contribution < -0.4 is 25.5 Å². The van der Waals surface area contributed by atoms with E-state index in [1.807, 2.05) is 49.3 Å². The summed E-state index contributed by atoms with van der Waals surface area (Å²) in [5.41, 5.74) is 14.4. The number of aromatic nitrogens is 2. The largest absolute Gasteiger partial charge is 0.399 e. The maximum absolute atomic E-state index is 6.04. The van der Waals surface area contributed by atoms with E-state index in [0.717, 1.165) is 50.5 Å². The van der Waals surface area contributed by atoms with Crippen molar-refractivity contribution < 1.29 is 9.13 Å². The van der Waals surface area contributed by atoms with E-state index in [0.29, 0.717) is 0 Å². The summed E-state index contributed by atoms with van der Waals surface area (Å²) >= 11 is 0. The van der Waals surface area contributed by atoms with Crippen molar-refractivity contribution in [2.24, 2.45) is 14.1 Å². The second kappa shape index (κ2) is 9.69. The number of nitrogens with two attached hydrogens (primary N) is 1. The summed E-state index contributed by atoms with van der Waals surface area (Å²) in [5, 5.41) is 8.05. The fourth-order valence-corrected chi connectivity index (χ4v) is 4.00. The summed E-state index contributed by atoms with van der Waals surface area (Å²) in [6.07, 6.45) is 10.4. The van der Waals surface area contributed by atoms with E-state index in [1.54, 1.807) is 0 Å². The maximum atomic E-state index is 6.04. The zero-order valence-electron chi connectivity index (χ0n) is 19.9. The highest BCUT2D eigenvalue weighted by Crippen LogP contribution is 2.26. The molecule has 0 spiro atoms. The highest BCUT2D eigenvalue weighted by atomic mass is 14.9. The Balaban J connectivity index is 1.25. The topological polar surface area (TPSA) is 57.8 Å². The number of hydrogen-bond acceptors (Lipinski definition) is 3. The number of nitrogens with zero attached hydrogens (tertiary/aromatic N) is 2. The Morgan fingerprint density at radius 1 is 0.629 bits per heavy atom. The molecular formula is C30H29N5+2. The minimum atomic E-state index is 0.755. The Morgan fingerprint density at radius 3 is 1.83 bits per heavy atom. The first-order chi connectivity index (χ1) is 17.0. The summed E-state index contributed by atoms with van der Waals surface area (Å²) in [7, 11) is 4.05. The van der Waals surface area contributed by atoms with E-state index in [9.17, 15) is 0 Å². The van der Waals surface area contributed by atoms with E-state index in [4.69, 9.17) is 5.73 Å². The van der Waals surface area contributed by atoms with Crippen LogP contribution in [0.15, 0.2) is 104 Å². The molecule has 5 nitrogen and oxygen atoms in total. The van der Waals surface area contributed by atoms with Gasteiger partial charge in [-0.05, 0) is 47.5 Å². The van der Waals surface area contributed by atoms with Gasteiger partial charge in [0.25, 0.3) is 0 Å². The third-order valence-corrected chi connectivity index (χ3v) is 5.99. The molecule has 0 aliphatic heterocycles. The third-order valence-electron chi connectivity index (χ3n) is 5.99. The minimum absolute atomic E-state index is 0.755. The van der Waals surface area contributed by atoms with Gasteiger partial charge < -0.3 is 16.4 Å². The molecule has 35 heavy (non-hydrogen) atoms. The number of nitrogens with one attached hydrogen (secondary N) is 2. The lowest BCUT2D eigenvalue weighted by atomic mass is 10.1. The number of aryl methyl sites for hydroxylation is 2. The molecule has 0 atom stereocenters. The van der Waals surface area contributed by atoms with Gasteiger partial charge in [0.1, 0.15) is 14.1 Å². The van der Waals surface area contributed by atoms with Crippen LogP contribution in [-0.4, -0.2) is 0 Å². The van der Waals surface area contributed by atoms with Crippen LogP contribution in [0.2, 0.25) is 0 Å². The molecule has 0 amide bonds. The zero-order valence-corrected chi connectivity index (χ0v) is 19.9. The summed E-state index contributed by atoms with van der Waals surface area (Å²) in [5.74, 6) is 0. The van der Waals surface area contributed by atoms with E-state index in [1.165, 1.54) is 0 Å². The van der Waals surface area contributed by atoms with Crippen LogP contribution in [0.25, 0.3) is 23.1 Å². The van der Waals surface area contributed by atoms with Gasteiger partial charge in [-0.2, -0.15) is 0 Å². The van der Waals surface area contributed by atoms with Crippen molar-refractivity contribution in [1.29, 1.82) is 0 Å². The lowest BCUT2D eigenvalue weighted by molar-refractivity contribution is -0.671. The number of benzene rings is 3. The van der Waals surface area contributed by atoms with Crippen molar-refractivity contribution in [3.05, 3.63) is 115 Å². The molecule has 0 aliphatic rings. The van der Waals surface area contributed by atoms with E-state index in [-0.39, 0.29) is 0 Å². The number of pyridine rings is 2. The van der Waals surface area contributed by atoms with Crippen LogP contribution >= 0.6 is 0 Å².